The van der Waals surface area contributed by atoms with Crippen LogP contribution in [0.2, 0.25) is 0 Å². The van der Waals surface area contributed by atoms with Gasteiger partial charge in [-0.15, -0.1) is 0 Å². The molecule has 0 aromatic heterocycles. The first-order chi connectivity index (χ1) is 8.39. The summed E-state index contributed by atoms with van der Waals surface area (Å²) in [5.74, 6) is 0.775. The van der Waals surface area contributed by atoms with Gasteiger partial charge in [0.1, 0.15) is 0 Å². The molecule has 0 spiro atoms. The Morgan fingerprint density at radius 3 is 2.44 bits per heavy atom. The zero-order chi connectivity index (χ0) is 13.8. The Bertz CT molecular complexity index is 271. The number of aliphatic hydroxyl groups is 1. The van der Waals surface area contributed by atoms with E-state index >= 15 is 0 Å². The summed E-state index contributed by atoms with van der Waals surface area (Å²) in [4.78, 5) is 12.4. The highest BCUT2D eigenvalue weighted by Gasteiger charge is 2.40. The van der Waals surface area contributed by atoms with Crippen LogP contribution in [0.15, 0.2) is 0 Å². The minimum absolute atomic E-state index is 0.000255. The van der Waals surface area contributed by atoms with Gasteiger partial charge in [-0.05, 0) is 51.9 Å². The van der Waals surface area contributed by atoms with Crippen LogP contribution < -0.4 is 11.1 Å². The van der Waals surface area contributed by atoms with E-state index in [0.717, 1.165) is 25.7 Å². The van der Waals surface area contributed by atoms with Crippen LogP contribution in [-0.2, 0) is 4.79 Å². The molecule has 18 heavy (non-hydrogen) atoms. The summed E-state index contributed by atoms with van der Waals surface area (Å²) in [5, 5.41) is 12.3. The van der Waals surface area contributed by atoms with Crippen LogP contribution in [-0.4, -0.2) is 29.7 Å². The first kappa shape index (κ1) is 15.4. The standard InChI is InChI=1S/C14H28N2O2/c1-10-4-6-14(9-15,7-5-10)13(18)16-11(2)8-12(3)17/h10-12,17H,4-9,15H2,1-3H3,(H,16,18). The minimum atomic E-state index is -0.388. The zero-order valence-corrected chi connectivity index (χ0v) is 11.9. The van der Waals surface area contributed by atoms with Crippen molar-refractivity contribution in [1.29, 1.82) is 0 Å². The number of aliphatic hydroxyl groups excluding tert-OH is 1. The van der Waals surface area contributed by atoms with E-state index in [1.165, 1.54) is 0 Å². The third-order valence-electron chi connectivity index (χ3n) is 4.18. The zero-order valence-electron chi connectivity index (χ0n) is 11.9. The normalized spacial score (nSPS) is 31.7. The van der Waals surface area contributed by atoms with Gasteiger partial charge < -0.3 is 16.2 Å². The highest BCUT2D eigenvalue weighted by Crippen LogP contribution is 2.38. The van der Waals surface area contributed by atoms with Crippen molar-refractivity contribution in [2.24, 2.45) is 17.1 Å². The highest BCUT2D eigenvalue weighted by atomic mass is 16.3. The van der Waals surface area contributed by atoms with Crippen molar-refractivity contribution in [1.82, 2.24) is 5.32 Å². The van der Waals surface area contributed by atoms with Gasteiger partial charge in [-0.25, -0.2) is 0 Å². The second kappa shape index (κ2) is 6.53. The molecule has 2 atom stereocenters. The average Bonchev–Trinajstić information content (AvgIpc) is 2.29. The fraction of sp³-hybridized carbons (Fsp3) is 0.929. The average molecular weight is 256 g/mol. The number of amides is 1. The molecule has 1 amide bonds. The fourth-order valence-corrected chi connectivity index (χ4v) is 2.79. The number of rotatable bonds is 5. The van der Waals surface area contributed by atoms with Gasteiger partial charge in [-0.3, -0.25) is 4.79 Å². The van der Waals surface area contributed by atoms with Crippen molar-refractivity contribution in [2.45, 2.75) is 65.0 Å². The molecule has 4 N–H and O–H groups in total. The lowest BCUT2D eigenvalue weighted by molar-refractivity contribution is -0.133. The molecule has 0 saturated heterocycles. The van der Waals surface area contributed by atoms with Crippen molar-refractivity contribution in [2.75, 3.05) is 6.54 Å². The summed E-state index contributed by atoms with van der Waals surface area (Å²) >= 11 is 0. The number of carbonyl (C=O) groups is 1. The van der Waals surface area contributed by atoms with E-state index in [4.69, 9.17) is 5.73 Å². The summed E-state index contributed by atoms with van der Waals surface area (Å²) in [6.07, 6.45) is 4.13. The predicted molar refractivity (Wildman–Crippen MR) is 73.0 cm³/mol. The van der Waals surface area contributed by atoms with E-state index < -0.39 is 0 Å². The Kier molecular flexibility index (Phi) is 5.60. The quantitative estimate of drug-likeness (QED) is 0.696. The summed E-state index contributed by atoms with van der Waals surface area (Å²) in [5.41, 5.74) is 5.48. The summed E-state index contributed by atoms with van der Waals surface area (Å²) in [6.45, 7) is 6.32. The third-order valence-corrected chi connectivity index (χ3v) is 4.18. The van der Waals surface area contributed by atoms with Crippen LogP contribution in [0.4, 0.5) is 0 Å². The number of hydrogen-bond donors (Lipinski definition) is 3. The molecular formula is C14H28N2O2. The Balaban J connectivity index is 2.57. The smallest absolute Gasteiger partial charge is 0.227 e. The maximum atomic E-state index is 12.4. The molecule has 0 heterocycles. The lowest BCUT2D eigenvalue weighted by Gasteiger charge is -2.38. The molecule has 4 nitrogen and oxygen atoms in total. The molecule has 106 valence electrons. The maximum Gasteiger partial charge on any atom is 0.227 e. The van der Waals surface area contributed by atoms with Gasteiger partial charge in [0.25, 0.3) is 0 Å². The van der Waals surface area contributed by atoms with Crippen LogP contribution in [0, 0.1) is 11.3 Å². The Morgan fingerprint density at radius 2 is 2.00 bits per heavy atom. The van der Waals surface area contributed by atoms with Crippen molar-refractivity contribution in [3.8, 4) is 0 Å². The van der Waals surface area contributed by atoms with Crippen LogP contribution in [0.3, 0.4) is 0 Å². The van der Waals surface area contributed by atoms with Crippen LogP contribution >= 0.6 is 0 Å². The van der Waals surface area contributed by atoms with E-state index in [9.17, 15) is 9.90 Å². The van der Waals surface area contributed by atoms with Gasteiger partial charge >= 0.3 is 0 Å². The summed E-state index contributed by atoms with van der Waals surface area (Å²) in [6, 6.07) is 0.000255. The molecule has 2 unspecified atom stereocenters. The first-order valence-electron chi connectivity index (χ1n) is 7.08. The molecule has 1 aliphatic rings. The molecule has 1 rings (SSSR count). The third kappa shape index (κ3) is 3.95. The van der Waals surface area contributed by atoms with Crippen LogP contribution in [0.1, 0.15) is 52.9 Å². The minimum Gasteiger partial charge on any atom is -0.393 e. The van der Waals surface area contributed by atoms with Gasteiger partial charge in [0.15, 0.2) is 0 Å². The maximum absolute atomic E-state index is 12.4. The summed E-state index contributed by atoms with van der Waals surface area (Å²) < 4.78 is 0. The number of hydrogen-bond acceptors (Lipinski definition) is 3. The molecule has 1 aliphatic carbocycles. The van der Waals surface area contributed by atoms with Crippen LogP contribution in [0.25, 0.3) is 0 Å². The molecule has 0 radical (unpaired) electrons. The number of nitrogens with two attached hydrogens (primary N) is 1. The van der Waals surface area contributed by atoms with Crippen LogP contribution in [0.5, 0.6) is 0 Å². The lowest BCUT2D eigenvalue weighted by Crippen LogP contribution is -2.50. The SMILES string of the molecule is CC(O)CC(C)NC(=O)C1(CN)CCC(C)CC1. The second-order valence-electron chi connectivity index (χ2n) is 6.13. The molecule has 0 aromatic carbocycles. The van der Waals surface area contributed by atoms with Gasteiger partial charge in [-0.1, -0.05) is 6.92 Å². The lowest BCUT2D eigenvalue weighted by atomic mass is 9.70. The summed E-state index contributed by atoms with van der Waals surface area (Å²) in [7, 11) is 0. The molecule has 0 aliphatic heterocycles. The second-order valence-corrected chi connectivity index (χ2v) is 6.13. The Morgan fingerprint density at radius 1 is 1.44 bits per heavy atom. The Labute approximate surface area is 110 Å². The van der Waals surface area contributed by atoms with E-state index in [1.54, 1.807) is 6.92 Å². The van der Waals surface area contributed by atoms with E-state index in [0.29, 0.717) is 18.9 Å². The van der Waals surface area contributed by atoms with E-state index in [-0.39, 0.29) is 23.5 Å². The van der Waals surface area contributed by atoms with E-state index in [2.05, 4.69) is 12.2 Å². The topological polar surface area (TPSA) is 75.3 Å². The van der Waals surface area contributed by atoms with Crippen molar-refractivity contribution in [3.63, 3.8) is 0 Å². The molecule has 0 bridgehead atoms. The van der Waals surface area contributed by atoms with Gasteiger partial charge in [0.05, 0.1) is 11.5 Å². The van der Waals surface area contributed by atoms with Crippen molar-refractivity contribution < 1.29 is 9.90 Å². The monoisotopic (exact) mass is 256 g/mol. The fourth-order valence-electron chi connectivity index (χ4n) is 2.79. The first-order valence-corrected chi connectivity index (χ1v) is 7.08. The molecule has 1 saturated carbocycles. The molecular weight excluding hydrogens is 228 g/mol. The van der Waals surface area contributed by atoms with Crippen molar-refractivity contribution >= 4 is 5.91 Å². The van der Waals surface area contributed by atoms with Gasteiger partial charge in [0, 0.05) is 12.6 Å². The number of carbonyl (C=O) groups excluding carboxylic acids is 1. The van der Waals surface area contributed by atoms with Gasteiger partial charge in [-0.2, -0.15) is 0 Å². The molecule has 4 heteroatoms. The highest BCUT2D eigenvalue weighted by molar-refractivity contribution is 5.83. The Hall–Kier alpha value is -0.610. The molecule has 0 aromatic rings. The van der Waals surface area contributed by atoms with E-state index in [1.807, 2.05) is 6.92 Å². The van der Waals surface area contributed by atoms with Gasteiger partial charge in [0.2, 0.25) is 5.91 Å². The molecule has 1 fully saturated rings. The van der Waals surface area contributed by atoms with Crippen molar-refractivity contribution in [3.05, 3.63) is 0 Å². The largest absolute Gasteiger partial charge is 0.393 e. The predicted octanol–water partition coefficient (Wildman–Crippen LogP) is 1.42. The number of nitrogens with one attached hydrogen (secondary N) is 1.